The molecular formula is C5H7ClN2O3. The van der Waals surface area contributed by atoms with E-state index in [-0.39, 0.29) is 0 Å². The Morgan fingerprint density at radius 1 is 1.73 bits per heavy atom. The quantitative estimate of drug-likeness (QED) is 0.588. The lowest BCUT2D eigenvalue weighted by atomic mass is 10.3. The van der Waals surface area contributed by atoms with Gasteiger partial charge < -0.3 is 10.4 Å². The van der Waals surface area contributed by atoms with Gasteiger partial charge in [-0.3, -0.25) is 9.59 Å². The van der Waals surface area contributed by atoms with E-state index in [4.69, 9.17) is 16.9 Å². The molecule has 0 aromatic carbocycles. The molecule has 0 aliphatic rings. The number of hydrogen-bond acceptors (Lipinski definition) is 3. The number of carboxylic acids is 1. The highest BCUT2D eigenvalue weighted by atomic mass is 35.5. The predicted molar refractivity (Wildman–Crippen MR) is 39.6 cm³/mol. The first kappa shape index (κ1) is 9.90. The number of amides is 1. The molecule has 0 aliphatic heterocycles. The summed E-state index contributed by atoms with van der Waals surface area (Å²) in [5, 5.41) is 10.4. The number of halogens is 1. The molecule has 0 saturated carbocycles. The van der Waals surface area contributed by atoms with E-state index in [9.17, 15) is 9.59 Å². The summed E-state index contributed by atoms with van der Waals surface area (Å²) < 4.78 is 2.89. The summed E-state index contributed by atoms with van der Waals surface area (Å²) in [6.07, 6.45) is 0.793. The van der Waals surface area contributed by atoms with Gasteiger partial charge in [-0.05, 0) is 6.92 Å². The van der Waals surface area contributed by atoms with Gasteiger partial charge in [-0.2, -0.15) is 4.51 Å². The number of rotatable bonds is 3. The van der Waals surface area contributed by atoms with E-state index in [0.717, 1.165) is 6.21 Å². The highest BCUT2D eigenvalue weighted by molar-refractivity contribution is 6.33. The van der Waals surface area contributed by atoms with Gasteiger partial charge in [0, 0.05) is 11.8 Å². The van der Waals surface area contributed by atoms with Crippen LogP contribution in [0.3, 0.4) is 0 Å². The Hall–Kier alpha value is -1.10. The van der Waals surface area contributed by atoms with Crippen molar-refractivity contribution < 1.29 is 14.7 Å². The Kier molecular flexibility index (Phi) is 4.21. The largest absolute Gasteiger partial charge is 0.480 e. The van der Waals surface area contributed by atoms with Gasteiger partial charge in [0.15, 0.2) is 0 Å². The second-order valence-corrected chi connectivity index (χ2v) is 1.99. The predicted octanol–water partition coefficient (Wildman–Crippen LogP) is -0.200. The molecule has 0 rings (SSSR count). The van der Waals surface area contributed by atoms with Gasteiger partial charge in [-0.1, -0.05) is 0 Å². The molecule has 6 heteroatoms. The van der Waals surface area contributed by atoms with Crippen LogP contribution in [0.4, 0.5) is 0 Å². The van der Waals surface area contributed by atoms with E-state index >= 15 is 0 Å². The standard InChI is InChI=1S/C5H7ClN2O3/c1-3(5(10)11)8-4(9)2-7-6/h2-3H,1H3,(H,8,9)(H,10,11)/b7-2+/t3-/m0/s1. The number of carbonyl (C=O) groups is 2. The van der Waals surface area contributed by atoms with Crippen molar-refractivity contribution in [3.05, 3.63) is 0 Å². The Morgan fingerprint density at radius 3 is 2.64 bits per heavy atom. The van der Waals surface area contributed by atoms with E-state index in [1.165, 1.54) is 6.92 Å². The molecule has 0 heterocycles. The summed E-state index contributed by atoms with van der Waals surface area (Å²) in [6, 6.07) is -0.933. The maximum atomic E-state index is 10.5. The number of carbonyl (C=O) groups excluding carboxylic acids is 1. The van der Waals surface area contributed by atoms with Crippen LogP contribution < -0.4 is 5.32 Å². The Morgan fingerprint density at radius 2 is 2.27 bits per heavy atom. The summed E-state index contributed by atoms with van der Waals surface area (Å²) in [7, 11) is 0. The van der Waals surface area contributed by atoms with Gasteiger partial charge in [0.25, 0.3) is 5.91 Å². The molecule has 0 fully saturated rings. The fourth-order valence-corrected chi connectivity index (χ4v) is 0.445. The minimum atomic E-state index is -1.11. The van der Waals surface area contributed by atoms with Crippen molar-refractivity contribution in [3.8, 4) is 0 Å². The summed E-state index contributed by atoms with van der Waals surface area (Å²) in [4.78, 5) is 20.7. The fourth-order valence-electron chi connectivity index (χ4n) is 0.357. The fraction of sp³-hybridized carbons (Fsp3) is 0.400. The van der Waals surface area contributed by atoms with Gasteiger partial charge >= 0.3 is 5.97 Å². The van der Waals surface area contributed by atoms with Crippen LogP contribution in [0.25, 0.3) is 0 Å². The van der Waals surface area contributed by atoms with E-state index in [1.54, 1.807) is 0 Å². The molecule has 1 amide bonds. The second kappa shape index (κ2) is 4.68. The van der Waals surface area contributed by atoms with Crippen molar-refractivity contribution in [3.63, 3.8) is 0 Å². The smallest absolute Gasteiger partial charge is 0.325 e. The number of nitrogens with one attached hydrogen (secondary N) is 1. The highest BCUT2D eigenvalue weighted by Gasteiger charge is 2.11. The van der Waals surface area contributed by atoms with Crippen LogP contribution in [0.1, 0.15) is 6.92 Å². The molecule has 0 bridgehead atoms. The molecule has 0 spiro atoms. The first-order chi connectivity index (χ1) is 5.07. The van der Waals surface area contributed by atoms with E-state index in [2.05, 4.69) is 9.83 Å². The average molecular weight is 179 g/mol. The van der Waals surface area contributed by atoms with Crippen LogP contribution in [0.2, 0.25) is 0 Å². The third-order valence-corrected chi connectivity index (χ3v) is 0.993. The summed E-state index contributed by atoms with van der Waals surface area (Å²) in [5.41, 5.74) is 0. The van der Waals surface area contributed by atoms with Crippen LogP contribution in [0.15, 0.2) is 4.51 Å². The average Bonchev–Trinajstić information content (AvgIpc) is 1.87. The van der Waals surface area contributed by atoms with Crippen molar-refractivity contribution in [2.24, 2.45) is 4.51 Å². The number of nitrogens with zero attached hydrogens (tertiary/aromatic N) is 1. The Balaban J connectivity index is 3.85. The number of aliphatic carboxylic acids is 1. The molecule has 0 aromatic rings. The summed E-state index contributed by atoms with van der Waals surface area (Å²) >= 11 is 4.82. The molecule has 0 radical (unpaired) electrons. The highest BCUT2D eigenvalue weighted by Crippen LogP contribution is 1.80. The zero-order valence-electron chi connectivity index (χ0n) is 5.74. The van der Waals surface area contributed by atoms with Crippen molar-refractivity contribution in [2.75, 3.05) is 0 Å². The molecular weight excluding hydrogens is 172 g/mol. The molecule has 2 N–H and O–H groups in total. The molecule has 0 saturated heterocycles. The third kappa shape index (κ3) is 4.32. The van der Waals surface area contributed by atoms with Crippen molar-refractivity contribution in [1.29, 1.82) is 0 Å². The van der Waals surface area contributed by atoms with Crippen molar-refractivity contribution in [1.82, 2.24) is 5.32 Å². The summed E-state index contributed by atoms with van der Waals surface area (Å²) in [6.45, 7) is 1.34. The van der Waals surface area contributed by atoms with Crippen LogP contribution in [-0.4, -0.2) is 29.2 Å². The van der Waals surface area contributed by atoms with Crippen molar-refractivity contribution in [2.45, 2.75) is 13.0 Å². The normalized spacial score (nSPS) is 12.9. The minimum absolute atomic E-state index is 0.630. The zero-order valence-corrected chi connectivity index (χ0v) is 6.50. The molecule has 0 aromatic heterocycles. The van der Waals surface area contributed by atoms with E-state index < -0.39 is 17.9 Å². The van der Waals surface area contributed by atoms with Crippen LogP contribution >= 0.6 is 11.8 Å². The molecule has 0 aliphatic carbocycles. The SMILES string of the molecule is C[C@H](NC(=O)/C=N/Cl)C(=O)O. The third-order valence-electron chi connectivity index (χ3n) is 0.895. The minimum Gasteiger partial charge on any atom is -0.480 e. The Bertz CT molecular complexity index is 192. The van der Waals surface area contributed by atoms with Gasteiger partial charge in [0.05, 0.1) is 0 Å². The van der Waals surface area contributed by atoms with Crippen molar-refractivity contribution >= 4 is 29.9 Å². The lowest BCUT2D eigenvalue weighted by molar-refractivity contribution is -0.140. The van der Waals surface area contributed by atoms with E-state index in [1.807, 2.05) is 0 Å². The van der Waals surface area contributed by atoms with Crippen LogP contribution in [0.5, 0.6) is 0 Å². The maximum absolute atomic E-state index is 10.5. The lowest BCUT2D eigenvalue weighted by Crippen LogP contribution is -2.38. The topological polar surface area (TPSA) is 78.8 Å². The van der Waals surface area contributed by atoms with Gasteiger partial charge in [0.1, 0.15) is 12.3 Å². The molecule has 62 valence electrons. The molecule has 5 nitrogen and oxygen atoms in total. The maximum Gasteiger partial charge on any atom is 0.325 e. The molecule has 11 heavy (non-hydrogen) atoms. The molecule has 0 unspecified atom stereocenters. The second-order valence-electron chi connectivity index (χ2n) is 1.80. The van der Waals surface area contributed by atoms with Gasteiger partial charge in [-0.25, -0.2) is 0 Å². The van der Waals surface area contributed by atoms with E-state index in [0.29, 0.717) is 0 Å². The number of carboxylic acid groups (broad SMARTS) is 1. The molecule has 1 atom stereocenters. The zero-order chi connectivity index (χ0) is 8.85. The Labute approximate surface area is 68.2 Å². The van der Waals surface area contributed by atoms with Gasteiger partial charge in [0.2, 0.25) is 0 Å². The summed E-state index contributed by atoms with van der Waals surface area (Å²) in [5.74, 6) is -1.74. The van der Waals surface area contributed by atoms with Crippen LogP contribution in [-0.2, 0) is 9.59 Å². The first-order valence-corrected chi connectivity index (χ1v) is 3.09. The van der Waals surface area contributed by atoms with Crippen LogP contribution in [0, 0.1) is 0 Å². The lowest BCUT2D eigenvalue weighted by Gasteiger charge is -2.04. The number of hydrogen-bond donors (Lipinski definition) is 2. The first-order valence-electron chi connectivity index (χ1n) is 2.75. The van der Waals surface area contributed by atoms with Gasteiger partial charge in [-0.15, -0.1) is 0 Å². The monoisotopic (exact) mass is 178 g/mol.